The summed E-state index contributed by atoms with van der Waals surface area (Å²) in [7, 11) is 1.66. The second-order valence-corrected chi connectivity index (χ2v) is 7.39. The van der Waals surface area contributed by atoms with Crippen LogP contribution in [0.5, 0.6) is 0 Å². The molecule has 0 saturated carbocycles. The van der Waals surface area contributed by atoms with Crippen LogP contribution in [0.15, 0.2) is 29.6 Å². The van der Waals surface area contributed by atoms with Crippen LogP contribution >= 0.6 is 0 Å². The number of fused-ring (bicyclic) bond motifs is 2. The van der Waals surface area contributed by atoms with Gasteiger partial charge in [-0.25, -0.2) is 19.3 Å². The van der Waals surface area contributed by atoms with Gasteiger partial charge >= 0.3 is 5.69 Å². The predicted octanol–water partition coefficient (Wildman–Crippen LogP) is 1.25. The maximum atomic E-state index is 13.0. The Hall–Kier alpha value is -3.78. The maximum absolute atomic E-state index is 13.0. The maximum Gasteiger partial charge on any atom is 0.331 e. The molecule has 0 bridgehead atoms. The number of imidazole rings is 1. The Morgan fingerprint density at radius 3 is 2.87 bits per heavy atom. The number of hydrogen-bond donors (Lipinski definition) is 1. The number of ether oxygens (including phenoxy) is 1. The van der Waals surface area contributed by atoms with Crippen molar-refractivity contribution in [1.29, 1.82) is 5.26 Å². The monoisotopic (exact) mass is 405 g/mol. The van der Waals surface area contributed by atoms with Crippen molar-refractivity contribution in [3.8, 4) is 6.07 Å². The van der Waals surface area contributed by atoms with Gasteiger partial charge in [-0.1, -0.05) is 0 Å². The third-order valence-corrected chi connectivity index (χ3v) is 5.62. The Morgan fingerprint density at radius 2 is 2.10 bits per heavy atom. The number of aryl methyl sites for hydroxylation is 2. The number of aromatic nitrogens is 7. The van der Waals surface area contributed by atoms with E-state index in [9.17, 15) is 10.1 Å². The topological polar surface area (TPSA) is 128 Å². The molecule has 1 fully saturated rings. The summed E-state index contributed by atoms with van der Waals surface area (Å²) in [5.74, 6) is 0.328. The van der Waals surface area contributed by atoms with Crippen LogP contribution < -0.4 is 11.0 Å². The molecule has 1 N–H and O–H groups in total. The van der Waals surface area contributed by atoms with Crippen molar-refractivity contribution in [2.45, 2.75) is 25.3 Å². The second-order valence-electron chi connectivity index (χ2n) is 7.39. The number of hydrogen-bond acceptors (Lipinski definition) is 8. The molecule has 0 spiro atoms. The van der Waals surface area contributed by atoms with E-state index in [0.29, 0.717) is 48.8 Å². The Labute approximate surface area is 170 Å². The van der Waals surface area contributed by atoms with Crippen molar-refractivity contribution in [2.75, 3.05) is 18.5 Å². The van der Waals surface area contributed by atoms with E-state index in [2.05, 4.69) is 31.4 Å². The normalized spacial score (nSPS) is 16.0. The first-order chi connectivity index (χ1) is 14.5. The van der Waals surface area contributed by atoms with Crippen LogP contribution in [0.3, 0.4) is 0 Å². The van der Waals surface area contributed by atoms with E-state index in [0.717, 1.165) is 11.3 Å². The molecular weight excluding hydrogens is 386 g/mol. The van der Waals surface area contributed by atoms with Gasteiger partial charge in [-0.05, 0) is 12.5 Å². The Morgan fingerprint density at radius 1 is 1.30 bits per heavy atom. The molecule has 0 unspecified atom stereocenters. The first-order valence-corrected chi connectivity index (χ1v) is 9.53. The molecule has 0 radical (unpaired) electrons. The standard InChI is InChI=1S/C19H19N9O2/c1-12-9-27-15(22-11-23-27)7-13(12)24-17-21-8-14-16(25-17)28(18(29)26(14)2)19(10-20)3-5-30-6-4-19/h7-9,11H,3-6H2,1-2H3,(H,21,24,25). The number of pyridine rings is 1. The molecule has 1 aliphatic heterocycles. The summed E-state index contributed by atoms with van der Waals surface area (Å²) in [4.78, 5) is 26.2. The number of rotatable bonds is 3. The van der Waals surface area contributed by atoms with Crippen LogP contribution in [-0.2, 0) is 17.3 Å². The van der Waals surface area contributed by atoms with Gasteiger partial charge in [0.1, 0.15) is 17.4 Å². The summed E-state index contributed by atoms with van der Waals surface area (Å²) in [6.07, 6.45) is 5.79. The van der Waals surface area contributed by atoms with Gasteiger partial charge in [-0.3, -0.25) is 9.13 Å². The zero-order valence-corrected chi connectivity index (χ0v) is 16.5. The highest BCUT2D eigenvalue weighted by Crippen LogP contribution is 2.30. The summed E-state index contributed by atoms with van der Waals surface area (Å²) >= 11 is 0. The smallest absolute Gasteiger partial charge is 0.331 e. The molecule has 0 aromatic carbocycles. The van der Waals surface area contributed by atoms with E-state index in [-0.39, 0.29) is 5.69 Å². The molecule has 152 valence electrons. The van der Waals surface area contributed by atoms with Crippen LogP contribution in [0, 0.1) is 18.3 Å². The third-order valence-electron chi connectivity index (χ3n) is 5.62. The summed E-state index contributed by atoms with van der Waals surface area (Å²) in [5.41, 5.74) is 2.10. The van der Waals surface area contributed by atoms with Gasteiger partial charge in [-0.15, -0.1) is 0 Å². The van der Waals surface area contributed by atoms with Crippen molar-refractivity contribution in [1.82, 2.24) is 33.7 Å². The van der Waals surface area contributed by atoms with Crippen molar-refractivity contribution in [3.63, 3.8) is 0 Å². The number of nitrogens with zero attached hydrogens (tertiary/aromatic N) is 8. The summed E-state index contributed by atoms with van der Waals surface area (Å²) in [5, 5.41) is 17.3. The molecule has 4 aromatic heterocycles. The van der Waals surface area contributed by atoms with Crippen molar-refractivity contribution >= 4 is 28.4 Å². The van der Waals surface area contributed by atoms with Gasteiger partial charge in [0.2, 0.25) is 5.95 Å². The quantitative estimate of drug-likeness (QED) is 0.539. The van der Waals surface area contributed by atoms with Crippen LogP contribution in [0.2, 0.25) is 0 Å². The highest BCUT2D eigenvalue weighted by Gasteiger charge is 2.38. The lowest BCUT2D eigenvalue weighted by molar-refractivity contribution is 0.0448. The van der Waals surface area contributed by atoms with Crippen LogP contribution in [-0.4, -0.2) is 46.9 Å². The zero-order chi connectivity index (χ0) is 20.9. The van der Waals surface area contributed by atoms with Crippen LogP contribution in [0.25, 0.3) is 16.8 Å². The summed E-state index contributed by atoms with van der Waals surface area (Å²) in [6, 6.07) is 4.20. The van der Waals surface area contributed by atoms with E-state index < -0.39 is 5.54 Å². The van der Waals surface area contributed by atoms with Gasteiger partial charge < -0.3 is 10.1 Å². The Kier molecular flexibility index (Phi) is 4.04. The second kappa shape index (κ2) is 6.64. The van der Waals surface area contributed by atoms with E-state index in [1.54, 1.807) is 17.8 Å². The fourth-order valence-electron chi connectivity index (χ4n) is 3.86. The lowest BCUT2D eigenvalue weighted by atomic mass is 9.91. The van der Waals surface area contributed by atoms with Gasteiger partial charge in [0.25, 0.3) is 0 Å². The molecule has 5 heterocycles. The average molecular weight is 405 g/mol. The minimum atomic E-state index is -0.989. The summed E-state index contributed by atoms with van der Waals surface area (Å²) in [6.45, 7) is 2.78. The van der Waals surface area contributed by atoms with Crippen molar-refractivity contribution < 1.29 is 4.74 Å². The first-order valence-electron chi connectivity index (χ1n) is 9.53. The van der Waals surface area contributed by atoms with Crippen molar-refractivity contribution in [2.24, 2.45) is 7.05 Å². The molecule has 0 aliphatic carbocycles. The number of nitrogens with one attached hydrogen (secondary N) is 1. The van der Waals surface area contributed by atoms with E-state index in [1.165, 1.54) is 15.5 Å². The number of anilines is 2. The zero-order valence-electron chi connectivity index (χ0n) is 16.5. The SMILES string of the molecule is Cc1cn2ncnc2cc1Nc1ncc2c(n1)n(C1(C#N)CCOCC1)c(=O)n2C. The van der Waals surface area contributed by atoms with Gasteiger partial charge in [-0.2, -0.15) is 15.3 Å². The fraction of sp³-hybridized carbons (Fsp3) is 0.368. The summed E-state index contributed by atoms with van der Waals surface area (Å²) < 4.78 is 10.1. The molecule has 4 aromatic rings. The van der Waals surface area contributed by atoms with Crippen molar-refractivity contribution in [3.05, 3.63) is 40.8 Å². The minimum Gasteiger partial charge on any atom is -0.381 e. The molecule has 0 atom stereocenters. The highest BCUT2D eigenvalue weighted by molar-refractivity contribution is 5.74. The largest absolute Gasteiger partial charge is 0.381 e. The Balaban J connectivity index is 1.64. The number of nitriles is 1. The van der Waals surface area contributed by atoms with E-state index >= 15 is 0 Å². The van der Waals surface area contributed by atoms with Gasteiger partial charge in [0.15, 0.2) is 11.3 Å². The first kappa shape index (κ1) is 18.3. The molecule has 1 aliphatic rings. The lowest BCUT2D eigenvalue weighted by Gasteiger charge is -2.31. The fourth-order valence-corrected chi connectivity index (χ4v) is 3.86. The molecule has 0 amide bonds. The highest BCUT2D eigenvalue weighted by atomic mass is 16.5. The average Bonchev–Trinajstić information content (AvgIpc) is 3.31. The molecule has 5 rings (SSSR count). The molecule has 11 nitrogen and oxygen atoms in total. The van der Waals surface area contributed by atoms with Gasteiger partial charge in [0.05, 0.1) is 12.3 Å². The van der Waals surface area contributed by atoms with Crippen LogP contribution in [0.1, 0.15) is 18.4 Å². The Bertz CT molecular complexity index is 1370. The van der Waals surface area contributed by atoms with E-state index in [1.807, 2.05) is 19.2 Å². The third kappa shape index (κ3) is 2.65. The molecule has 11 heteroatoms. The molecule has 1 saturated heterocycles. The molecular formula is C19H19N9O2. The lowest BCUT2D eigenvalue weighted by Crippen LogP contribution is -2.44. The minimum absolute atomic E-state index is 0.291. The predicted molar refractivity (Wildman–Crippen MR) is 107 cm³/mol. The van der Waals surface area contributed by atoms with Crippen LogP contribution in [0.4, 0.5) is 11.6 Å². The molecule has 30 heavy (non-hydrogen) atoms. The van der Waals surface area contributed by atoms with E-state index in [4.69, 9.17) is 4.74 Å². The van der Waals surface area contributed by atoms with Gasteiger partial charge in [0, 0.05) is 51.1 Å².